The zero-order chi connectivity index (χ0) is 8.04. The van der Waals surface area contributed by atoms with E-state index in [1.165, 1.54) is 0 Å². The second-order valence-corrected chi connectivity index (χ2v) is 3.88. The summed E-state index contributed by atoms with van der Waals surface area (Å²) in [5.41, 5.74) is -0.0180. The minimum absolute atomic E-state index is 0.0180. The van der Waals surface area contributed by atoms with Gasteiger partial charge in [-0.3, -0.25) is 0 Å². The summed E-state index contributed by atoms with van der Waals surface area (Å²) in [6.45, 7) is 0.863. The summed E-state index contributed by atoms with van der Waals surface area (Å²) < 4.78 is 6.90. The lowest BCUT2D eigenvalue weighted by Crippen LogP contribution is -2.34. The molecule has 0 saturated carbocycles. The van der Waals surface area contributed by atoms with Crippen LogP contribution in [0.2, 0.25) is 0 Å². The van der Waals surface area contributed by atoms with Crippen molar-refractivity contribution in [2.45, 2.75) is 0 Å². The van der Waals surface area contributed by atoms with Gasteiger partial charge in [0.05, 0.1) is 13.2 Å². The van der Waals surface area contributed by atoms with E-state index in [-0.39, 0.29) is 12.0 Å². The molecule has 0 aromatic heterocycles. The molecule has 0 rings (SSSR count). The van der Waals surface area contributed by atoms with E-state index in [4.69, 9.17) is 9.84 Å². The van der Waals surface area contributed by atoms with Crippen LogP contribution in [0.5, 0.6) is 0 Å². The number of alkyl halides is 2. The first-order valence-corrected chi connectivity index (χ1v) is 6.01. The second kappa shape index (κ2) is 5.96. The first kappa shape index (κ1) is 11.4. The Morgan fingerprint density at radius 2 is 1.90 bits per heavy atom. The minimum Gasteiger partial charge on any atom is -0.396 e. The maximum atomic E-state index is 9.02. The van der Waals surface area contributed by atoms with Gasteiger partial charge in [-0.25, -0.2) is 0 Å². The first-order valence-electron chi connectivity index (χ1n) is 2.96. The van der Waals surface area contributed by atoms with Crippen LogP contribution in [-0.2, 0) is 4.74 Å². The fourth-order valence-electron chi connectivity index (χ4n) is 0.549. The molecule has 62 valence electrons. The van der Waals surface area contributed by atoms with Crippen LogP contribution in [0, 0.1) is 5.41 Å². The third kappa shape index (κ3) is 3.19. The van der Waals surface area contributed by atoms with Crippen LogP contribution < -0.4 is 0 Å². The Hall–Kier alpha value is 1.38. The molecule has 2 nitrogen and oxygen atoms in total. The predicted molar refractivity (Wildman–Crippen MR) is 59.2 cm³/mol. The maximum Gasteiger partial charge on any atom is 0.0555 e. The van der Waals surface area contributed by atoms with Crippen LogP contribution in [-0.4, -0.2) is 34.3 Å². The lowest BCUT2D eigenvalue weighted by atomic mass is 9.96. The van der Waals surface area contributed by atoms with Gasteiger partial charge in [-0.05, 0) is 0 Å². The van der Waals surface area contributed by atoms with Crippen molar-refractivity contribution in [3.63, 3.8) is 0 Å². The molecule has 0 atom stereocenters. The molecule has 0 aliphatic heterocycles. The monoisotopic (exact) mass is 370 g/mol. The Morgan fingerprint density at radius 3 is 2.00 bits per heavy atom. The van der Waals surface area contributed by atoms with Crippen molar-refractivity contribution in [1.82, 2.24) is 0 Å². The Bertz CT molecular complexity index is 75.6. The SMILES string of the molecule is COCC(CO)(CI)CI. The van der Waals surface area contributed by atoms with E-state index in [1.807, 2.05) is 0 Å². The molecule has 0 radical (unpaired) electrons. The van der Waals surface area contributed by atoms with Gasteiger partial charge >= 0.3 is 0 Å². The molecular weight excluding hydrogens is 358 g/mol. The van der Waals surface area contributed by atoms with Crippen LogP contribution >= 0.6 is 45.2 Å². The van der Waals surface area contributed by atoms with Gasteiger partial charge in [0.1, 0.15) is 0 Å². The first-order chi connectivity index (χ1) is 4.74. The van der Waals surface area contributed by atoms with E-state index in [9.17, 15) is 0 Å². The molecule has 0 aliphatic carbocycles. The molecule has 0 heterocycles. The second-order valence-electron chi connectivity index (χ2n) is 2.36. The standard InChI is InChI=1S/C6H12I2O2/c1-10-5-6(2-7,3-8)4-9/h9H,2-5H2,1H3. The number of halogens is 2. The van der Waals surface area contributed by atoms with Crippen molar-refractivity contribution in [1.29, 1.82) is 0 Å². The van der Waals surface area contributed by atoms with Crippen molar-refractivity contribution in [3.8, 4) is 0 Å². The van der Waals surface area contributed by atoms with E-state index in [1.54, 1.807) is 7.11 Å². The minimum atomic E-state index is -0.0180. The summed E-state index contributed by atoms with van der Waals surface area (Å²) in [6, 6.07) is 0. The Labute approximate surface area is 89.0 Å². The Morgan fingerprint density at radius 1 is 1.40 bits per heavy atom. The van der Waals surface area contributed by atoms with Gasteiger partial charge in [-0.1, -0.05) is 45.2 Å². The fraction of sp³-hybridized carbons (Fsp3) is 1.00. The fourth-order valence-corrected chi connectivity index (χ4v) is 3.04. The van der Waals surface area contributed by atoms with Gasteiger partial charge in [0.2, 0.25) is 0 Å². The van der Waals surface area contributed by atoms with Crippen LogP contribution in [0.1, 0.15) is 0 Å². The molecule has 0 bridgehead atoms. The van der Waals surface area contributed by atoms with Crippen molar-refractivity contribution in [2.24, 2.45) is 5.41 Å². The van der Waals surface area contributed by atoms with Crippen molar-refractivity contribution < 1.29 is 9.84 Å². The highest BCUT2D eigenvalue weighted by Gasteiger charge is 2.26. The highest BCUT2D eigenvalue weighted by molar-refractivity contribution is 14.1. The van der Waals surface area contributed by atoms with Crippen LogP contribution in [0.3, 0.4) is 0 Å². The average Bonchev–Trinajstić information content (AvgIpc) is 2.01. The highest BCUT2D eigenvalue weighted by Crippen LogP contribution is 2.22. The van der Waals surface area contributed by atoms with Gasteiger partial charge in [-0.15, -0.1) is 0 Å². The zero-order valence-electron chi connectivity index (χ0n) is 5.94. The lowest BCUT2D eigenvalue weighted by Gasteiger charge is -2.26. The number of aliphatic hydroxyl groups is 1. The lowest BCUT2D eigenvalue weighted by molar-refractivity contribution is 0.0658. The van der Waals surface area contributed by atoms with Crippen molar-refractivity contribution in [3.05, 3.63) is 0 Å². The number of aliphatic hydroxyl groups excluding tert-OH is 1. The molecule has 10 heavy (non-hydrogen) atoms. The Kier molecular flexibility index (Phi) is 6.78. The van der Waals surface area contributed by atoms with Crippen LogP contribution in [0.4, 0.5) is 0 Å². The summed E-state index contributed by atoms with van der Waals surface area (Å²) in [6.07, 6.45) is 0. The van der Waals surface area contributed by atoms with E-state index >= 15 is 0 Å². The topological polar surface area (TPSA) is 29.5 Å². The third-order valence-corrected chi connectivity index (χ3v) is 4.59. The summed E-state index contributed by atoms with van der Waals surface area (Å²) in [5, 5.41) is 9.02. The van der Waals surface area contributed by atoms with Gasteiger partial charge < -0.3 is 9.84 Å². The number of hydrogen-bond donors (Lipinski definition) is 1. The molecule has 0 aliphatic rings. The molecule has 0 amide bonds. The number of ether oxygens (including phenoxy) is 1. The summed E-state index contributed by atoms with van der Waals surface area (Å²) in [7, 11) is 1.67. The maximum absolute atomic E-state index is 9.02. The summed E-state index contributed by atoms with van der Waals surface area (Å²) in [4.78, 5) is 0. The quantitative estimate of drug-likeness (QED) is 0.587. The van der Waals surface area contributed by atoms with E-state index in [0.717, 1.165) is 8.86 Å². The normalized spacial score (nSPS) is 12.0. The van der Waals surface area contributed by atoms with Gasteiger partial charge in [-0.2, -0.15) is 0 Å². The molecule has 0 saturated heterocycles. The van der Waals surface area contributed by atoms with Crippen molar-refractivity contribution >= 4 is 45.2 Å². The van der Waals surface area contributed by atoms with Gasteiger partial charge in [0.15, 0.2) is 0 Å². The molecular formula is C6H12I2O2. The smallest absolute Gasteiger partial charge is 0.0555 e. The molecule has 1 N–H and O–H groups in total. The molecule has 0 aromatic rings. The van der Waals surface area contributed by atoms with Gasteiger partial charge in [0.25, 0.3) is 0 Å². The molecule has 0 aromatic carbocycles. The third-order valence-electron chi connectivity index (χ3n) is 1.35. The van der Waals surface area contributed by atoms with E-state index in [0.29, 0.717) is 6.61 Å². The molecule has 0 unspecified atom stereocenters. The van der Waals surface area contributed by atoms with Crippen LogP contribution in [0.15, 0.2) is 0 Å². The van der Waals surface area contributed by atoms with E-state index < -0.39 is 0 Å². The van der Waals surface area contributed by atoms with Gasteiger partial charge in [0, 0.05) is 21.4 Å². The number of hydrogen-bond acceptors (Lipinski definition) is 2. The molecule has 4 heteroatoms. The summed E-state index contributed by atoms with van der Waals surface area (Å²) >= 11 is 4.56. The molecule has 0 spiro atoms. The van der Waals surface area contributed by atoms with Crippen LogP contribution in [0.25, 0.3) is 0 Å². The van der Waals surface area contributed by atoms with Crippen molar-refractivity contribution in [2.75, 3.05) is 29.2 Å². The number of methoxy groups -OCH3 is 1. The summed E-state index contributed by atoms with van der Waals surface area (Å²) in [5.74, 6) is 0. The van der Waals surface area contributed by atoms with E-state index in [2.05, 4.69) is 45.2 Å². The predicted octanol–water partition coefficient (Wildman–Crippen LogP) is 1.48. The number of rotatable bonds is 5. The Balaban J connectivity index is 3.87. The average molecular weight is 370 g/mol. The largest absolute Gasteiger partial charge is 0.396 e. The zero-order valence-corrected chi connectivity index (χ0v) is 10.3. The molecule has 0 fully saturated rings. The highest BCUT2D eigenvalue weighted by atomic mass is 127.